The monoisotopic (exact) mass is 179 g/mol. The molecule has 0 spiro atoms. The summed E-state index contributed by atoms with van der Waals surface area (Å²) in [5.74, 6) is 0.246. The standard InChI is InChI=1S/C8H6ClN3/c9-6-3-1-2-5-4-11-8(10)12-7(5)6/h1-4H,(H2,10,11,12). The van der Waals surface area contributed by atoms with Crippen molar-refractivity contribution in [1.82, 2.24) is 9.97 Å². The summed E-state index contributed by atoms with van der Waals surface area (Å²) in [6.45, 7) is 0. The van der Waals surface area contributed by atoms with Crippen molar-refractivity contribution >= 4 is 28.5 Å². The molecule has 0 saturated carbocycles. The molecule has 0 saturated heterocycles. The van der Waals surface area contributed by atoms with Crippen LogP contribution >= 0.6 is 11.6 Å². The van der Waals surface area contributed by atoms with Gasteiger partial charge in [-0.05, 0) is 6.07 Å². The summed E-state index contributed by atoms with van der Waals surface area (Å²) in [5.41, 5.74) is 6.11. The predicted molar refractivity (Wildman–Crippen MR) is 49.0 cm³/mol. The number of halogens is 1. The van der Waals surface area contributed by atoms with Crippen molar-refractivity contribution < 1.29 is 0 Å². The highest BCUT2D eigenvalue weighted by Gasteiger charge is 1.99. The fourth-order valence-electron chi connectivity index (χ4n) is 1.03. The molecule has 0 atom stereocenters. The Hall–Kier alpha value is -1.35. The average molecular weight is 180 g/mol. The molecule has 1 aromatic carbocycles. The van der Waals surface area contributed by atoms with Crippen LogP contribution < -0.4 is 5.73 Å². The summed E-state index contributed by atoms with van der Waals surface area (Å²) in [5, 5.41) is 1.50. The number of nitrogen functional groups attached to an aromatic ring is 1. The highest BCUT2D eigenvalue weighted by atomic mass is 35.5. The number of hydrogen-bond acceptors (Lipinski definition) is 3. The first kappa shape index (κ1) is 7.31. The topological polar surface area (TPSA) is 51.8 Å². The number of hydrogen-bond donors (Lipinski definition) is 1. The van der Waals surface area contributed by atoms with Crippen LogP contribution in [0.15, 0.2) is 24.4 Å². The van der Waals surface area contributed by atoms with E-state index in [1.165, 1.54) is 0 Å². The number of benzene rings is 1. The van der Waals surface area contributed by atoms with Crippen molar-refractivity contribution in [3.63, 3.8) is 0 Å². The van der Waals surface area contributed by atoms with Gasteiger partial charge in [0.25, 0.3) is 0 Å². The number of anilines is 1. The zero-order valence-electron chi connectivity index (χ0n) is 6.16. The minimum atomic E-state index is 0.246. The molecule has 0 aliphatic heterocycles. The van der Waals surface area contributed by atoms with Crippen molar-refractivity contribution in [2.45, 2.75) is 0 Å². The maximum atomic E-state index is 5.88. The lowest BCUT2D eigenvalue weighted by atomic mass is 10.2. The summed E-state index contributed by atoms with van der Waals surface area (Å²) in [7, 11) is 0. The minimum absolute atomic E-state index is 0.246. The first-order chi connectivity index (χ1) is 5.77. The third kappa shape index (κ3) is 1.08. The molecule has 60 valence electrons. The lowest BCUT2D eigenvalue weighted by Crippen LogP contribution is -1.93. The van der Waals surface area contributed by atoms with Gasteiger partial charge in [0, 0.05) is 11.6 Å². The molecule has 2 rings (SSSR count). The van der Waals surface area contributed by atoms with Gasteiger partial charge in [-0.2, -0.15) is 0 Å². The molecule has 3 nitrogen and oxygen atoms in total. The lowest BCUT2D eigenvalue weighted by Gasteiger charge is -1.98. The largest absolute Gasteiger partial charge is 0.368 e. The van der Waals surface area contributed by atoms with E-state index >= 15 is 0 Å². The van der Waals surface area contributed by atoms with Gasteiger partial charge < -0.3 is 5.73 Å². The molecule has 1 heterocycles. The van der Waals surface area contributed by atoms with Crippen LogP contribution in [-0.4, -0.2) is 9.97 Å². The Morgan fingerprint density at radius 1 is 1.33 bits per heavy atom. The molecule has 0 fully saturated rings. The van der Waals surface area contributed by atoms with Crippen LogP contribution in [0.25, 0.3) is 10.9 Å². The number of nitrogens with two attached hydrogens (primary N) is 1. The van der Waals surface area contributed by atoms with Crippen molar-refractivity contribution in [2.24, 2.45) is 0 Å². The highest BCUT2D eigenvalue weighted by molar-refractivity contribution is 6.35. The maximum Gasteiger partial charge on any atom is 0.220 e. The minimum Gasteiger partial charge on any atom is -0.368 e. The lowest BCUT2D eigenvalue weighted by molar-refractivity contribution is 1.24. The first-order valence-electron chi connectivity index (χ1n) is 3.44. The van der Waals surface area contributed by atoms with Crippen LogP contribution in [0.2, 0.25) is 5.02 Å². The fraction of sp³-hybridized carbons (Fsp3) is 0. The first-order valence-corrected chi connectivity index (χ1v) is 3.82. The van der Waals surface area contributed by atoms with Crippen LogP contribution in [0.1, 0.15) is 0 Å². The molecule has 0 unspecified atom stereocenters. The molecule has 0 aliphatic rings. The van der Waals surface area contributed by atoms with Crippen LogP contribution in [0.4, 0.5) is 5.95 Å². The molecular formula is C8H6ClN3. The Morgan fingerprint density at radius 2 is 2.17 bits per heavy atom. The number of fused-ring (bicyclic) bond motifs is 1. The molecule has 0 radical (unpaired) electrons. The average Bonchev–Trinajstić information content (AvgIpc) is 2.07. The Morgan fingerprint density at radius 3 is 3.00 bits per heavy atom. The van der Waals surface area contributed by atoms with Gasteiger partial charge in [0.15, 0.2) is 0 Å². The third-order valence-corrected chi connectivity index (χ3v) is 1.89. The van der Waals surface area contributed by atoms with Crippen LogP contribution in [0.5, 0.6) is 0 Å². The Kier molecular flexibility index (Phi) is 1.59. The van der Waals surface area contributed by atoms with E-state index in [-0.39, 0.29) is 5.95 Å². The second-order valence-corrected chi connectivity index (χ2v) is 2.81. The van der Waals surface area contributed by atoms with E-state index in [0.717, 1.165) is 5.39 Å². The van der Waals surface area contributed by atoms with E-state index in [2.05, 4.69) is 9.97 Å². The summed E-state index contributed by atoms with van der Waals surface area (Å²) in [4.78, 5) is 7.87. The van der Waals surface area contributed by atoms with E-state index in [1.54, 1.807) is 12.3 Å². The van der Waals surface area contributed by atoms with Crippen molar-refractivity contribution in [1.29, 1.82) is 0 Å². The van der Waals surface area contributed by atoms with Gasteiger partial charge in [-0.1, -0.05) is 23.7 Å². The van der Waals surface area contributed by atoms with Gasteiger partial charge >= 0.3 is 0 Å². The molecule has 0 bridgehead atoms. The SMILES string of the molecule is Nc1ncc2cccc(Cl)c2n1. The van der Waals surface area contributed by atoms with Crippen LogP contribution in [-0.2, 0) is 0 Å². The molecular weight excluding hydrogens is 174 g/mol. The Bertz CT molecular complexity index is 428. The third-order valence-electron chi connectivity index (χ3n) is 1.58. The van der Waals surface area contributed by atoms with E-state index in [1.807, 2.05) is 12.1 Å². The molecule has 2 N–H and O–H groups in total. The van der Waals surface area contributed by atoms with Gasteiger partial charge in [0.05, 0.1) is 10.5 Å². The van der Waals surface area contributed by atoms with E-state index < -0.39 is 0 Å². The van der Waals surface area contributed by atoms with Crippen molar-refractivity contribution in [2.75, 3.05) is 5.73 Å². The number of para-hydroxylation sites is 1. The van der Waals surface area contributed by atoms with Gasteiger partial charge in [0.1, 0.15) is 0 Å². The smallest absolute Gasteiger partial charge is 0.220 e. The summed E-state index contributed by atoms with van der Waals surface area (Å²) in [6.07, 6.45) is 1.66. The number of rotatable bonds is 0. The van der Waals surface area contributed by atoms with Crippen LogP contribution in [0.3, 0.4) is 0 Å². The van der Waals surface area contributed by atoms with E-state index in [0.29, 0.717) is 10.5 Å². The molecule has 12 heavy (non-hydrogen) atoms. The quantitative estimate of drug-likeness (QED) is 0.672. The summed E-state index contributed by atoms with van der Waals surface area (Å²) >= 11 is 5.88. The zero-order valence-corrected chi connectivity index (χ0v) is 6.92. The fourth-order valence-corrected chi connectivity index (χ4v) is 1.26. The second-order valence-electron chi connectivity index (χ2n) is 2.41. The molecule has 0 amide bonds. The number of aromatic nitrogens is 2. The van der Waals surface area contributed by atoms with Crippen molar-refractivity contribution in [3.05, 3.63) is 29.4 Å². The second kappa shape index (κ2) is 2.60. The Balaban J connectivity index is 2.88. The summed E-state index contributed by atoms with van der Waals surface area (Å²) in [6, 6.07) is 5.52. The van der Waals surface area contributed by atoms with Gasteiger partial charge in [-0.25, -0.2) is 9.97 Å². The normalized spacial score (nSPS) is 10.4. The van der Waals surface area contributed by atoms with Crippen molar-refractivity contribution in [3.8, 4) is 0 Å². The van der Waals surface area contributed by atoms with E-state index in [4.69, 9.17) is 17.3 Å². The number of nitrogens with zero attached hydrogens (tertiary/aromatic N) is 2. The van der Waals surface area contributed by atoms with Gasteiger partial charge in [-0.3, -0.25) is 0 Å². The van der Waals surface area contributed by atoms with Gasteiger partial charge in [-0.15, -0.1) is 0 Å². The zero-order chi connectivity index (χ0) is 8.55. The molecule has 4 heteroatoms. The van der Waals surface area contributed by atoms with E-state index in [9.17, 15) is 0 Å². The highest BCUT2D eigenvalue weighted by Crippen LogP contribution is 2.20. The predicted octanol–water partition coefficient (Wildman–Crippen LogP) is 1.87. The van der Waals surface area contributed by atoms with Gasteiger partial charge in [0.2, 0.25) is 5.95 Å². The van der Waals surface area contributed by atoms with Crippen LogP contribution in [0, 0.1) is 0 Å². The molecule has 2 aromatic rings. The summed E-state index contributed by atoms with van der Waals surface area (Å²) < 4.78 is 0. The maximum absolute atomic E-state index is 5.88. The molecule has 1 aromatic heterocycles. The molecule has 0 aliphatic carbocycles. The Labute approximate surface area is 74.2 Å².